The molecule has 21 heavy (non-hydrogen) atoms. The third kappa shape index (κ3) is 7.24. The van der Waals surface area contributed by atoms with E-state index in [1.807, 2.05) is 6.07 Å². The van der Waals surface area contributed by atoms with Gasteiger partial charge in [0.15, 0.2) is 0 Å². The van der Waals surface area contributed by atoms with Gasteiger partial charge in [-0.2, -0.15) is 0 Å². The molecular formula is C13H16BrNO5S. The van der Waals surface area contributed by atoms with Gasteiger partial charge in [0.1, 0.15) is 15.9 Å². The van der Waals surface area contributed by atoms with E-state index in [1.165, 1.54) is 0 Å². The number of amides is 1. The van der Waals surface area contributed by atoms with Gasteiger partial charge in [-0.25, -0.2) is 13.2 Å². The minimum Gasteiger partial charge on any atom is -0.480 e. The van der Waals surface area contributed by atoms with Gasteiger partial charge in [0.2, 0.25) is 5.91 Å². The summed E-state index contributed by atoms with van der Waals surface area (Å²) >= 11 is 3.28. The Hall–Kier alpha value is -1.41. The summed E-state index contributed by atoms with van der Waals surface area (Å²) in [4.78, 5) is 22.9. The van der Waals surface area contributed by atoms with Gasteiger partial charge in [-0.05, 0) is 24.1 Å². The van der Waals surface area contributed by atoms with Crippen molar-refractivity contribution in [3.63, 3.8) is 0 Å². The minimum absolute atomic E-state index is 0.0299. The number of sulfone groups is 1. The molecule has 0 aliphatic carbocycles. The summed E-state index contributed by atoms with van der Waals surface area (Å²) in [7, 11) is -3.27. The average molecular weight is 378 g/mol. The lowest BCUT2D eigenvalue weighted by atomic mass is 10.1. The van der Waals surface area contributed by atoms with E-state index in [4.69, 9.17) is 5.11 Å². The van der Waals surface area contributed by atoms with Crippen LogP contribution in [0, 0.1) is 0 Å². The molecule has 0 fully saturated rings. The highest BCUT2D eigenvalue weighted by molar-refractivity contribution is 9.10. The van der Waals surface area contributed by atoms with Crippen LogP contribution in [0.15, 0.2) is 28.7 Å². The van der Waals surface area contributed by atoms with Gasteiger partial charge in [0.25, 0.3) is 0 Å². The second kappa shape index (κ2) is 7.56. The second-order valence-corrected chi connectivity index (χ2v) is 7.86. The van der Waals surface area contributed by atoms with Crippen LogP contribution < -0.4 is 5.32 Å². The molecule has 116 valence electrons. The molecule has 0 radical (unpaired) electrons. The van der Waals surface area contributed by atoms with Crippen LogP contribution in [0.5, 0.6) is 0 Å². The first-order chi connectivity index (χ1) is 9.67. The van der Waals surface area contributed by atoms with E-state index in [9.17, 15) is 18.0 Å². The molecule has 1 rings (SSSR count). The standard InChI is InChI=1S/C13H16BrNO5S/c1-21(19,20)6-5-11(13(17)18)15-12(16)8-9-3-2-4-10(14)7-9/h2-4,7,11H,5-6,8H2,1H3,(H,15,16)(H,17,18). The van der Waals surface area contributed by atoms with Crippen molar-refractivity contribution in [3.8, 4) is 0 Å². The third-order valence-electron chi connectivity index (χ3n) is 2.66. The Labute approximate surface area is 131 Å². The number of hydrogen-bond acceptors (Lipinski definition) is 4. The fourth-order valence-corrected chi connectivity index (χ4v) is 2.78. The number of carboxylic acid groups (broad SMARTS) is 1. The Morgan fingerprint density at radius 2 is 2.05 bits per heavy atom. The van der Waals surface area contributed by atoms with Crippen LogP contribution in [0.4, 0.5) is 0 Å². The van der Waals surface area contributed by atoms with Crippen LogP contribution in [0.25, 0.3) is 0 Å². The third-order valence-corrected chi connectivity index (χ3v) is 4.13. The molecule has 0 aliphatic rings. The minimum atomic E-state index is -3.27. The molecule has 1 amide bonds. The number of nitrogens with one attached hydrogen (secondary N) is 1. The van der Waals surface area contributed by atoms with E-state index in [1.54, 1.807) is 18.2 Å². The zero-order valence-corrected chi connectivity index (χ0v) is 13.8. The molecule has 0 bridgehead atoms. The summed E-state index contributed by atoms with van der Waals surface area (Å²) in [6, 6.07) is 5.88. The molecule has 1 aromatic rings. The van der Waals surface area contributed by atoms with E-state index in [-0.39, 0.29) is 18.6 Å². The van der Waals surface area contributed by atoms with Gasteiger partial charge in [0.05, 0.1) is 12.2 Å². The van der Waals surface area contributed by atoms with Crippen LogP contribution in [-0.4, -0.2) is 43.5 Å². The first kappa shape index (κ1) is 17.6. The molecule has 0 saturated heterocycles. The normalized spacial score (nSPS) is 12.7. The maximum atomic E-state index is 11.8. The fourth-order valence-electron chi connectivity index (χ4n) is 1.67. The Kier molecular flexibility index (Phi) is 6.35. The molecule has 0 heterocycles. The Morgan fingerprint density at radius 3 is 2.57 bits per heavy atom. The largest absolute Gasteiger partial charge is 0.480 e. The molecule has 1 unspecified atom stereocenters. The molecule has 0 saturated carbocycles. The molecule has 1 atom stereocenters. The summed E-state index contributed by atoms with van der Waals surface area (Å²) < 4.78 is 22.9. The number of carboxylic acids is 1. The lowest BCUT2D eigenvalue weighted by Gasteiger charge is -2.14. The van der Waals surface area contributed by atoms with Gasteiger partial charge < -0.3 is 10.4 Å². The highest BCUT2D eigenvalue weighted by atomic mass is 79.9. The predicted octanol–water partition coefficient (Wildman–Crippen LogP) is 0.996. The number of halogens is 1. The van der Waals surface area contributed by atoms with Crippen molar-refractivity contribution in [2.45, 2.75) is 18.9 Å². The van der Waals surface area contributed by atoms with Gasteiger partial charge >= 0.3 is 5.97 Å². The SMILES string of the molecule is CS(=O)(=O)CCC(NC(=O)Cc1cccc(Br)c1)C(=O)O. The quantitative estimate of drug-likeness (QED) is 0.737. The van der Waals surface area contributed by atoms with Crippen LogP contribution in [-0.2, 0) is 25.8 Å². The smallest absolute Gasteiger partial charge is 0.326 e. The molecule has 1 aromatic carbocycles. The van der Waals surface area contributed by atoms with Crippen molar-refractivity contribution in [2.75, 3.05) is 12.0 Å². The molecule has 0 aliphatic heterocycles. The highest BCUT2D eigenvalue weighted by Gasteiger charge is 2.21. The van der Waals surface area contributed by atoms with Crippen LogP contribution in [0.1, 0.15) is 12.0 Å². The van der Waals surface area contributed by atoms with Gasteiger partial charge in [0, 0.05) is 10.7 Å². The molecule has 8 heteroatoms. The monoisotopic (exact) mass is 377 g/mol. The first-order valence-electron chi connectivity index (χ1n) is 6.12. The number of carbonyl (C=O) groups is 2. The molecule has 6 nitrogen and oxygen atoms in total. The number of benzene rings is 1. The van der Waals surface area contributed by atoms with Crippen molar-refractivity contribution in [1.29, 1.82) is 0 Å². The zero-order valence-electron chi connectivity index (χ0n) is 11.4. The van der Waals surface area contributed by atoms with Crippen molar-refractivity contribution in [2.24, 2.45) is 0 Å². The van der Waals surface area contributed by atoms with Crippen molar-refractivity contribution in [1.82, 2.24) is 5.32 Å². The highest BCUT2D eigenvalue weighted by Crippen LogP contribution is 2.12. The number of aliphatic carboxylic acids is 1. The second-order valence-electron chi connectivity index (χ2n) is 4.68. The topological polar surface area (TPSA) is 101 Å². The Morgan fingerprint density at radius 1 is 1.38 bits per heavy atom. The number of hydrogen-bond donors (Lipinski definition) is 2. The number of carbonyl (C=O) groups excluding carboxylic acids is 1. The van der Waals surface area contributed by atoms with E-state index in [0.717, 1.165) is 16.3 Å². The lowest BCUT2D eigenvalue weighted by Crippen LogP contribution is -2.42. The van der Waals surface area contributed by atoms with E-state index in [2.05, 4.69) is 21.2 Å². The van der Waals surface area contributed by atoms with E-state index >= 15 is 0 Å². The van der Waals surface area contributed by atoms with Gasteiger partial charge in [-0.15, -0.1) is 0 Å². The summed E-state index contributed by atoms with van der Waals surface area (Å²) in [5.74, 6) is -2.00. The molecule has 2 N–H and O–H groups in total. The molecule has 0 spiro atoms. The lowest BCUT2D eigenvalue weighted by molar-refractivity contribution is -0.141. The van der Waals surface area contributed by atoms with Gasteiger partial charge in [-0.1, -0.05) is 28.1 Å². The summed E-state index contributed by atoms with van der Waals surface area (Å²) in [6.45, 7) is 0. The zero-order chi connectivity index (χ0) is 16.0. The van der Waals surface area contributed by atoms with Crippen LogP contribution >= 0.6 is 15.9 Å². The van der Waals surface area contributed by atoms with Gasteiger partial charge in [-0.3, -0.25) is 4.79 Å². The van der Waals surface area contributed by atoms with Crippen molar-refractivity contribution in [3.05, 3.63) is 34.3 Å². The number of rotatable bonds is 7. The fraction of sp³-hybridized carbons (Fsp3) is 0.385. The molecule has 0 aromatic heterocycles. The van der Waals surface area contributed by atoms with Crippen LogP contribution in [0.2, 0.25) is 0 Å². The summed E-state index contributed by atoms with van der Waals surface area (Å²) in [6.07, 6.45) is 0.899. The predicted molar refractivity (Wildman–Crippen MR) is 81.7 cm³/mol. The van der Waals surface area contributed by atoms with E-state index in [0.29, 0.717) is 0 Å². The Bertz CT molecular complexity index is 629. The Balaban J connectivity index is 2.62. The molecular weight excluding hydrogens is 362 g/mol. The average Bonchev–Trinajstić information content (AvgIpc) is 2.32. The van der Waals surface area contributed by atoms with Crippen LogP contribution in [0.3, 0.4) is 0 Å². The summed E-state index contributed by atoms with van der Waals surface area (Å²) in [5, 5.41) is 11.4. The van der Waals surface area contributed by atoms with E-state index < -0.39 is 27.8 Å². The first-order valence-corrected chi connectivity index (χ1v) is 8.97. The summed E-state index contributed by atoms with van der Waals surface area (Å²) in [5.41, 5.74) is 0.731. The van der Waals surface area contributed by atoms with Crippen molar-refractivity contribution >= 4 is 37.6 Å². The van der Waals surface area contributed by atoms with Crippen molar-refractivity contribution < 1.29 is 23.1 Å². The maximum absolute atomic E-state index is 11.8. The maximum Gasteiger partial charge on any atom is 0.326 e.